The van der Waals surface area contributed by atoms with Gasteiger partial charge in [-0.1, -0.05) is 30.3 Å². The Labute approximate surface area is 130 Å². The largest absolute Gasteiger partial charge is 0.416 e. The lowest BCUT2D eigenvalue weighted by Crippen LogP contribution is -2.15. The molecule has 1 nitrogen and oxygen atoms in total. The Bertz CT molecular complexity index is 638. The minimum atomic E-state index is -4.35. The van der Waals surface area contributed by atoms with Gasteiger partial charge in [0, 0.05) is 16.2 Å². The zero-order chi connectivity index (χ0) is 15.6. The second kappa shape index (κ2) is 6.10. The van der Waals surface area contributed by atoms with Gasteiger partial charge in [-0.25, -0.2) is 0 Å². The van der Waals surface area contributed by atoms with Crippen molar-refractivity contribution in [3.05, 3.63) is 63.6 Å². The Hall–Kier alpha value is -1.49. The molecule has 0 heterocycles. The quantitative estimate of drug-likeness (QED) is 0.715. The molecule has 0 aliphatic rings. The van der Waals surface area contributed by atoms with Crippen molar-refractivity contribution in [1.29, 1.82) is 0 Å². The van der Waals surface area contributed by atoms with Crippen molar-refractivity contribution in [2.24, 2.45) is 0 Å². The monoisotopic (exact) mass is 357 g/mol. The van der Waals surface area contributed by atoms with Gasteiger partial charge in [-0.2, -0.15) is 13.2 Å². The maximum atomic E-state index is 13.1. The van der Waals surface area contributed by atoms with Crippen LogP contribution >= 0.6 is 15.9 Å². The van der Waals surface area contributed by atoms with Gasteiger partial charge in [-0.3, -0.25) is 0 Å². The maximum Gasteiger partial charge on any atom is 0.416 e. The summed E-state index contributed by atoms with van der Waals surface area (Å²) in [5, 5.41) is 3.13. The number of aryl methyl sites for hydroxylation is 1. The van der Waals surface area contributed by atoms with Crippen molar-refractivity contribution in [2.45, 2.75) is 26.1 Å². The summed E-state index contributed by atoms with van der Waals surface area (Å²) < 4.78 is 40.0. The molecule has 2 aromatic rings. The number of nitrogens with one attached hydrogen (secondary N) is 1. The fraction of sp³-hybridized carbons (Fsp3) is 0.250. The second-order valence-electron chi connectivity index (χ2n) is 4.89. The molecule has 0 saturated heterocycles. The lowest BCUT2D eigenvalue weighted by atomic mass is 10.0. The highest BCUT2D eigenvalue weighted by atomic mass is 79.9. The minimum absolute atomic E-state index is 0.235. The number of rotatable bonds is 3. The summed E-state index contributed by atoms with van der Waals surface area (Å²) >= 11 is 3.45. The van der Waals surface area contributed by atoms with Gasteiger partial charge < -0.3 is 5.32 Å². The summed E-state index contributed by atoms with van der Waals surface area (Å²) in [4.78, 5) is 0. The van der Waals surface area contributed by atoms with Crippen LogP contribution in [0.4, 0.5) is 18.9 Å². The molecular weight excluding hydrogens is 343 g/mol. The molecule has 0 spiro atoms. The Morgan fingerprint density at radius 1 is 1.05 bits per heavy atom. The summed E-state index contributed by atoms with van der Waals surface area (Å²) in [7, 11) is 0. The highest BCUT2D eigenvalue weighted by Crippen LogP contribution is 2.36. The Balaban J connectivity index is 2.33. The molecule has 0 aliphatic carbocycles. The maximum absolute atomic E-state index is 13.1. The normalized spacial score (nSPS) is 13.0. The number of halogens is 4. The van der Waals surface area contributed by atoms with E-state index in [4.69, 9.17) is 0 Å². The van der Waals surface area contributed by atoms with Crippen LogP contribution in [-0.4, -0.2) is 0 Å². The summed E-state index contributed by atoms with van der Waals surface area (Å²) in [5.41, 5.74) is 1.43. The highest BCUT2D eigenvalue weighted by molar-refractivity contribution is 9.10. The standard InChI is InChI=1S/C16H15BrF3N/c1-10-6-5-9-14(15(10)17)21-11(2)12-7-3-4-8-13(12)16(18,19)20/h3-9,11,21H,1-2H3. The molecule has 0 fully saturated rings. The molecule has 0 amide bonds. The van der Waals surface area contributed by atoms with Crippen LogP contribution in [0.5, 0.6) is 0 Å². The molecule has 0 aliphatic heterocycles. The van der Waals surface area contributed by atoms with Gasteiger partial charge in [0.2, 0.25) is 0 Å². The zero-order valence-corrected chi connectivity index (χ0v) is 13.2. The van der Waals surface area contributed by atoms with E-state index in [1.54, 1.807) is 13.0 Å². The van der Waals surface area contributed by atoms with E-state index in [0.29, 0.717) is 0 Å². The average molecular weight is 358 g/mol. The fourth-order valence-electron chi connectivity index (χ4n) is 2.20. The summed E-state index contributed by atoms with van der Waals surface area (Å²) in [6.07, 6.45) is -4.35. The SMILES string of the molecule is Cc1cccc(NC(C)c2ccccc2C(F)(F)F)c1Br. The number of hydrogen-bond donors (Lipinski definition) is 1. The fourth-order valence-corrected chi connectivity index (χ4v) is 2.58. The van der Waals surface area contributed by atoms with Crippen LogP contribution < -0.4 is 5.32 Å². The predicted molar refractivity (Wildman–Crippen MR) is 82.4 cm³/mol. The minimum Gasteiger partial charge on any atom is -0.378 e. The average Bonchev–Trinajstić information content (AvgIpc) is 2.43. The molecule has 1 N–H and O–H groups in total. The summed E-state index contributed by atoms with van der Waals surface area (Å²) in [6, 6.07) is 10.8. The molecule has 0 radical (unpaired) electrons. The van der Waals surface area contributed by atoms with Gasteiger partial charge in [0.1, 0.15) is 0 Å². The molecule has 0 bridgehead atoms. The van der Waals surface area contributed by atoms with Crippen molar-refractivity contribution in [2.75, 3.05) is 5.32 Å². The van der Waals surface area contributed by atoms with Gasteiger partial charge in [0.15, 0.2) is 0 Å². The topological polar surface area (TPSA) is 12.0 Å². The van der Waals surface area contributed by atoms with Crippen LogP contribution in [0.25, 0.3) is 0 Å². The van der Waals surface area contributed by atoms with E-state index in [0.717, 1.165) is 21.8 Å². The van der Waals surface area contributed by atoms with E-state index in [1.807, 2.05) is 25.1 Å². The number of anilines is 1. The third-order valence-corrected chi connectivity index (χ3v) is 4.35. The molecule has 0 saturated carbocycles. The predicted octanol–water partition coefficient (Wildman–Crippen LogP) is 5.95. The van der Waals surface area contributed by atoms with Crippen LogP contribution in [-0.2, 0) is 6.18 Å². The van der Waals surface area contributed by atoms with E-state index in [1.165, 1.54) is 12.1 Å². The van der Waals surface area contributed by atoms with E-state index in [9.17, 15) is 13.2 Å². The first-order valence-corrected chi connectivity index (χ1v) is 7.27. The first kappa shape index (κ1) is 15.9. The van der Waals surface area contributed by atoms with Crippen LogP contribution in [0.15, 0.2) is 46.9 Å². The van der Waals surface area contributed by atoms with Crippen molar-refractivity contribution < 1.29 is 13.2 Å². The van der Waals surface area contributed by atoms with Gasteiger partial charge >= 0.3 is 6.18 Å². The second-order valence-corrected chi connectivity index (χ2v) is 5.68. The van der Waals surface area contributed by atoms with Crippen LogP contribution in [0.1, 0.15) is 29.7 Å². The van der Waals surface area contributed by atoms with E-state index >= 15 is 0 Å². The van der Waals surface area contributed by atoms with E-state index in [2.05, 4.69) is 21.2 Å². The smallest absolute Gasteiger partial charge is 0.378 e. The number of hydrogen-bond acceptors (Lipinski definition) is 1. The van der Waals surface area contributed by atoms with Gasteiger partial charge in [-0.05, 0) is 53.0 Å². The molecule has 1 atom stereocenters. The highest BCUT2D eigenvalue weighted by Gasteiger charge is 2.34. The van der Waals surface area contributed by atoms with Crippen LogP contribution in [0.2, 0.25) is 0 Å². The third kappa shape index (κ3) is 3.59. The van der Waals surface area contributed by atoms with Crippen molar-refractivity contribution in [1.82, 2.24) is 0 Å². The lowest BCUT2D eigenvalue weighted by Gasteiger charge is -2.21. The number of benzene rings is 2. The molecule has 5 heteroatoms. The van der Waals surface area contributed by atoms with Crippen LogP contribution in [0.3, 0.4) is 0 Å². The van der Waals surface area contributed by atoms with Crippen molar-refractivity contribution >= 4 is 21.6 Å². The summed E-state index contributed by atoms with van der Waals surface area (Å²) in [5.74, 6) is 0. The summed E-state index contributed by atoms with van der Waals surface area (Å²) in [6.45, 7) is 3.66. The van der Waals surface area contributed by atoms with Crippen molar-refractivity contribution in [3.8, 4) is 0 Å². The Kier molecular flexibility index (Phi) is 4.61. The van der Waals surface area contributed by atoms with Crippen LogP contribution in [0, 0.1) is 6.92 Å². The molecule has 2 rings (SSSR count). The molecule has 21 heavy (non-hydrogen) atoms. The van der Waals surface area contributed by atoms with Gasteiger partial charge in [0.25, 0.3) is 0 Å². The van der Waals surface area contributed by atoms with E-state index < -0.39 is 17.8 Å². The molecule has 112 valence electrons. The molecule has 2 aromatic carbocycles. The molecule has 0 aromatic heterocycles. The molecule has 1 unspecified atom stereocenters. The first-order valence-electron chi connectivity index (χ1n) is 6.48. The Morgan fingerprint density at radius 2 is 1.71 bits per heavy atom. The Morgan fingerprint density at radius 3 is 2.38 bits per heavy atom. The van der Waals surface area contributed by atoms with E-state index in [-0.39, 0.29) is 5.56 Å². The number of alkyl halides is 3. The van der Waals surface area contributed by atoms with Crippen molar-refractivity contribution in [3.63, 3.8) is 0 Å². The molecular formula is C16H15BrF3N. The van der Waals surface area contributed by atoms with Gasteiger partial charge in [0.05, 0.1) is 5.56 Å². The third-order valence-electron chi connectivity index (χ3n) is 3.30. The lowest BCUT2D eigenvalue weighted by molar-refractivity contribution is -0.138. The zero-order valence-electron chi connectivity index (χ0n) is 11.6. The van der Waals surface area contributed by atoms with Gasteiger partial charge in [-0.15, -0.1) is 0 Å². The first-order chi connectivity index (χ1) is 9.80.